The van der Waals surface area contributed by atoms with E-state index in [1.54, 1.807) is 12.1 Å². The highest BCUT2D eigenvalue weighted by Gasteiger charge is 2.27. The summed E-state index contributed by atoms with van der Waals surface area (Å²) in [6.07, 6.45) is 0.998. The molecule has 1 aromatic heterocycles. The maximum Gasteiger partial charge on any atom is 0.292 e. The van der Waals surface area contributed by atoms with Gasteiger partial charge in [-0.3, -0.25) is 4.79 Å². The van der Waals surface area contributed by atoms with Gasteiger partial charge >= 0.3 is 0 Å². The van der Waals surface area contributed by atoms with Gasteiger partial charge in [0.2, 0.25) is 6.10 Å². The summed E-state index contributed by atoms with van der Waals surface area (Å²) in [7, 11) is 0. The summed E-state index contributed by atoms with van der Waals surface area (Å²) in [5, 5.41) is 0. The standard InChI is InChI=1S/C21H20N2O4S/c1-3-12-23-19-16(25-4-2)10-7-11-18(19)28-21(23)22-20(24)17-13-26-14-8-5-6-9-15(14)27-17/h3,5-11,17H,1,4,12-13H2,2H3. The van der Waals surface area contributed by atoms with Crippen LogP contribution in [0.5, 0.6) is 17.2 Å². The number of benzene rings is 2. The van der Waals surface area contributed by atoms with Crippen LogP contribution in [0.4, 0.5) is 0 Å². The highest BCUT2D eigenvalue weighted by Crippen LogP contribution is 2.31. The molecule has 1 aliphatic heterocycles. The van der Waals surface area contributed by atoms with E-state index in [1.165, 1.54) is 11.3 Å². The van der Waals surface area contributed by atoms with Gasteiger partial charge in [-0.1, -0.05) is 35.6 Å². The van der Waals surface area contributed by atoms with Crippen molar-refractivity contribution in [1.82, 2.24) is 4.57 Å². The smallest absolute Gasteiger partial charge is 0.292 e. The average Bonchev–Trinajstić information content (AvgIpc) is 3.06. The number of carbonyl (C=O) groups is 1. The molecule has 0 saturated heterocycles. The van der Waals surface area contributed by atoms with Crippen molar-refractivity contribution in [2.24, 2.45) is 4.99 Å². The molecule has 0 radical (unpaired) electrons. The van der Waals surface area contributed by atoms with E-state index in [0.717, 1.165) is 16.0 Å². The Labute approximate surface area is 166 Å². The molecule has 7 heteroatoms. The first-order chi connectivity index (χ1) is 13.7. The van der Waals surface area contributed by atoms with Gasteiger partial charge in [0.15, 0.2) is 16.3 Å². The van der Waals surface area contributed by atoms with E-state index in [1.807, 2.05) is 47.9 Å². The fourth-order valence-corrected chi connectivity index (χ4v) is 4.12. The van der Waals surface area contributed by atoms with Crippen molar-refractivity contribution in [3.05, 3.63) is 59.9 Å². The highest BCUT2D eigenvalue weighted by molar-refractivity contribution is 7.16. The van der Waals surface area contributed by atoms with Crippen molar-refractivity contribution in [2.75, 3.05) is 13.2 Å². The zero-order valence-electron chi connectivity index (χ0n) is 15.5. The zero-order valence-corrected chi connectivity index (χ0v) is 16.3. The first-order valence-electron chi connectivity index (χ1n) is 9.04. The second-order valence-corrected chi connectivity index (χ2v) is 7.14. The van der Waals surface area contributed by atoms with Gasteiger partial charge in [0.1, 0.15) is 17.9 Å². The van der Waals surface area contributed by atoms with Crippen molar-refractivity contribution in [2.45, 2.75) is 19.6 Å². The minimum Gasteiger partial charge on any atom is -0.492 e. The number of nitrogens with zero attached hydrogens (tertiary/aromatic N) is 2. The van der Waals surface area contributed by atoms with Crippen molar-refractivity contribution in [1.29, 1.82) is 0 Å². The lowest BCUT2D eigenvalue weighted by atomic mass is 10.2. The maximum absolute atomic E-state index is 12.8. The van der Waals surface area contributed by atoms with Crippen LogP contribution in [0.1, 0.15) is 6.92 Å². The molecule has 28 heavy (non-hydrogen) atoms. The lowest BCUT2D eigenvalue weighted by Crippen LogP contribution is -2.36. The fraction of sp³-hybridized carbons (Fsp3) is 0.238. The molecule has 1 unspecified atom stereocenters. The third-order valence-electron chi connectivity index (χ3n) is 4.27. The number of ether oxygens (including phenoxy) is 3. The quantitative estimate of drug-likeness (QED) is 0.619. The topological polar surface area (TPSA) is 62.1 Å². The summed E-state index contributed by atoms with van der Waals surface area (Å²) >= 11 is 1.43. The van der Waals surface area contributed by atoms with Gasteiger partial charge in [0, 0.05) is 6.54 Å². The minimum atomic E-state index is -0.774. The van der Waals surface area contributed by atoms with E-state index in [-0.39, 0.29) is 12.5 Å². The summed E-state index contributed by atoms with van der Waals surface area (Å²) < 4.78 is 20.1. The predicted molar refractivity (Wildman–Crippen MR) is 108 cm³/mol. The van der Waals surface area contributed by atoms with Gasteiger partial charge < -0.3 is 18.8 Å². The van der Waals surface area contributed by atoms with Crippen LogP contribution in [0.3, 0.4) is 0 Å². The third kappa shape index (κ3) is 3.41. The molecule has 1 aliphatic rings. The molecule has 2 heterocycles. The average molecular weight is 396 g/mol. The van der Waals surface area contributed by atoms with Crippen molar-refractivity contribution in [3.8, 4) is 17.2 Å². The van der Waals surface area contributed by atoms with Crippen LogP contribution in [0.2, 0.25) is 0 Å². The van der Waals surface area contributed by atoms with Gasteiger partial charge in [-0.25, -0.2) is 0 Å². The Balaban J connectivity index is 1.73. The second kappa shape index (κ2) is 7.90. The third-order valence-corrected chi connectivity index (χ3v) is 5.31. The number of carbonyl (C=O) groups excluding carboxylic acids is 1. The Morgan fingerprint density at radius 2 is 2.14 bits per heavy atom. The predicted octanol–water partition coefficient (Wildman–Crippen LogP) is 3.55. The minimum absolute atomic E-state index is 0.135. The number of aromatic nitrogens is 1. The molecule has 0 N–H and O–H groups in total. The first-order valence-corrected chi connectivity index (χ1v) is 9.86. The Morgan fingerprint density at radius 3 is 2.93 bits per heavy atom. The molecule has 3 aromatic rings. The summed E-state index contributed by atoms with van der Waals surface area (Å²) in [6.45, 7) is 6.97. The largest absolute Gasteiger partial charge is 0.492 e. The molecule has 0 aliphatic carbocycles. The molecule has 6 nitrogen and oxygen atoms in total. The number of rotatable bonds is 5. The van der Waals surface area contributed by atoms with E-state index in [4.69, 9.17) is 14.2 Å². The van der Waals surface area contributed by atoms with Crippen LogP contribution < -0.4 is 19.0 Å². The monoisotopic (exact) mass is 396 g/mol. The van der Waals surface area contributed by atoms with E-state index in [9.17, 15) is 4.79 Å². The normalized spacial score (nSPS) is 16.2. The van der Waals surface area contributed by atoms with Crippen LogP contribution in [-0.4, -0.2) is 29.8 Å². The summed E-state index contributed by atoms with van der Waals surface area (Å²) in [5.41, 5.74) is 0.909. The van der Waals surface area contributed by atoms with E-state index in [2.05, 4.69) is 11.6 Å². The Morgan fingerprint density at radius 1 is 1.32 bits per heavy atom. The molecule has 1 amide bonds. The van der Waals surface area contributed by atoms with Gasteiger partial charge in [0.05, 0.1) is 11.3 Å². The molecule has 144 valence electrons. The number of hydrogen-bond acceptors (Lipinski definition) is 5. The van der Waals surface area contributed by atoms with E-state index in [0.29, 0.717) is 29.5 Å². The number of hydrogen-bond donors (Lipinski definition) is 0. The van der Waals surface area contributed by atoms with Crippen LogP contribution >= 0.6 is 11.3 Å². The van der Waals surface area contributed by atoms with Gasteiger partial charge in [-0.05, 0) is 31.2 Å². The van der Waals surface area contributed by atoms with Gasteiger partial charge in [0.25, 0.3) is 5.91 Å². The molecule has 0 bridgehead atoms. The molecule has 4 rings (SSSR count). The number of thiazole rings is 1. The zero-order chi connectivity index (χ0) is 19.5. The molecule has 0 fully saturated rings. The Hall–Kier alpha value is -3.06. The lowest BCUT2D eigenvalue weighted by Gasteiger charge is -2.23. The summed E-state index contributed by atoms with van der Waals surface area (Å²) in [6, 6.07) is 13.1. The van der Waals surface area contributed by atoms with E-state index < -0.39 is 6.10 Å². The molecule has 2 aromatic carbocycles. The Bertz CT molecular complexity index is 1100. The molecular weight excluding hydrogens is 376 g/mol. The summed E-state index contributed by atoms with van der Waals surface area (Å²) in [4.78, 5) is 17.7. The van der Waals surface area contributed by atoms with Crippen LogP contribution in [0.15, 0.2) is 60.1 Å². The van der Waals surface area contributed by atoms with Crippen molar-refractivity contribution in [3.63, 3.8) is 0 Å². The fourth-order valence-electron chi connectivity index (χ4n) is 3.06. The number of amides is 1. The SMILES string of the molecule is C=CCn1c(=NC(=O)C2COc3ccccc3O2)sc2cccc(OCC)c21. The van der Waals surface area contributed by atoms with E-state index >= 15 is 0 Å². The molecule has 0 saturated carbocycles. The van der Waals surface area contributed by atoms with Gasteiger partial charge in [-0.15, -0.1) is 6.58 Å². The second-order valence-electron chi connectivity index (χ2n) is 6.13. The molecule has 0 spiro atoms. The number of allylic oxidation sites excluding steroid dienone is 1. The van der Waals surface area contributed by atoms with Crippen LogP contribution in [0.25, 0.3) is 10.2 Å². The van der Waals surface area contributed by atoms with Crippen LogP contribution in [-0.2, 0) is 11.3 Å². The Kier molecular flexibility index (Phi) is 5.16. The van der Waals surface area contributed by atoms with Crippen molar-refractivity contribution < 1.29 is 19.0 Å². The highest BCUT2D eigenvalue weighted by atomic mass is 32.1. The summed E-state index contributed by atoms with van der Waals surface area (Å²) in [5.74, 6) is 1.57. The molecule has 1 atom stereocenters. The molecular formula is C21H20N2O4S. The maximum atomic E-state index is 12.8. The first kappa shape index (κ1) is 18.3. The van der Waals surface area contributed by atoms with Crippen LogP contribution in [0, 0.1) is 0 Å². The van der Waals surface area contributed by atoms with Gasteiger partial charge in [-0.2, -0.15) is 4.99 Å². The number of para-hydroxylation sites is 3. The van der Waals surface area contributed by atoms with Crippen molar-refractivity contribution >= 4 is 27.5 Å². The number of fused-ring (bicyclic) bond motifs is 2. The lowest BCUT2D eigenvalue weighted by molar-refractivity contribution is -0.127.